The molecule has 2 aromatic rings. The molecule has 7 heteroatoms. The molecule has 118 valence electrons. The Hall–Kier alpha value is -0.821. The quantitative estimate of drug-likeness (QED) is 0.539. The zero-order chi connectivity index (χ0) is 16.0. The van der Waals surface area contributed by atoms with E-state index in [4.69, 9.17) is 5.14 Å². The fourth-order valence-electron chi connectivity index (χ4n) is 1.68. The molecule has 0 aliphatic rings. The molecular weight excluding hydrogens is 385 g/mol. The Kier molecular flexibility index (Phi) is 6.49. The molecule has 0 bridgehead atoms. The summed E-state index contributed by atoms with van der Waals surface area (Å²) in [7, 11) is -3.64. The van der Waals surface area contributed by atoms with Crippen molar-refractivity contribution in [3.8, 4) is 0 Å². The molecule has 0 saturated heterocycles. The van der Waals surface area contributed by atoms with Gasteiger partial charge in [0.25, 0.3) is 0 Å². The first-order chi connectivity index (χ1) is 10.4. The number of primary sulfonamides is 1. The summed E-state index contributed by atoms with van der Waals surface area (Å²) in [6, 6.07) is 16.5. The molecule has 22 heavy (non-hydrogen) atoms. The van der Waals surface area contributed by atoms with Crippen LogP contribution < -0.4 is 9.60 Å². The first-order valence-corrected chi connectivity index (χ1v) is 11.2. The van der Waals surface area contributed by atoms with Crippen molar-refractivity contribution in [3.63, 3.8) is 0 Å². The number of aliphatic hydroxyl groups is 1. The molecule has 4 nitrogen and oxygen atoms in total. The van der Waals surface area contributed by atoms with Gasteiger partial charge in [-0.05, 0) is 0 Å². The molecule has 0 radical (unpaired) electrons. The second kappa shape index (κ2) is 8.15. The topological polar surface area (TPSA) is 80.4 Å². The van der Waals surface area contributed by atoms with Crippen LogP contribution in [0.2, 0.25) is 5.32 Å². The van der Waals surface area contributed by atoms with Gasteiger partial charge >= 0.3 is 141 Å². The van der Waals surface area contributed by atoms with E-state index in [1.165, 1.54) is 12.1 Å². The molecule has 0 heterocycles. The van der Waals surface area contributed by atoms with Crippen LogP contribution in [0, 0.1) is 0 Å². The predicted octanol–water partition coefficient (Wildman–Crippen LogP) is 1.24. The van der Waals surface area contributed by atoms with Gasteiger partial charge < -0.3 is 0 Å². The Bertz CT molecular complexity index is 690. The number of hydrogen-bond acceptors (Lipinski definition) is 4. The Labute approximate surface area is 141 Å². The van der Waals surface area contributed by atoms with Crippen LogP contribution in [0.4, 0.5) is 0 Å². The molecule has 0 fully saturated rings. The molecule has 0 aliphatic heterocycles. The molecule has 1 unspecified atom stereocenters. The molecule has 2 rings (SSSR count). The summed E-state index contributed by atoms with van der Waals surface area (Å²) in [6.07, 6.45) is -0.372. The summed E-state index contributed by atoms with van der Waals surface area (Å²) in [6.45, 7) is 0. The average Bonchev–Trinajstić information content (AvgIpc) is 2.51. The van der Waals surface area contributed by atoms with Crippen LogP contribution in [0.3, 0.4) is 0 Å². The summed E-state index contributed by atoms with van der Waals surface area (Å²) in [5.41, 5.74) is 0. The van der Waals surface area contributed by atoms with E-state index in [0.29, 0.717) is 11.1 Å². The summed E-state index contributed by atoms with van der Waals surface area (Å²) < 4.78 is 23.4. The number of benzene rings is 2. The van der Waals surface area contributed by atoms with Gasteiger partial charge in [0.2, 0.25) is 0 Å². The zero-order valence-electron chi connectivity index (χ0n) is 11.8. The van der Waals surface area contributed by atoms with Crippen molar-refractivity contribution in [2.45, 2.75) is 21.2 Å². The third-order valence-electron chi connectivity index (χ3n) is 2.78. The van der Waals surface area contributed by atoms with Gasteiger partial charge in [-0.3, -0.25) is 0 Å². The maximum absolute atomic E-state index is 11.2. The molecule has 0 spiro atoms. The van der Waals surface area contributed by atoms with Crippen LogP contribution in [0.25, 0.3) is 0 Å². The first-order valence-electron chi connectivity index (χ1n) is 6.57. The number of hydrogen-bond donors (Lipinski definition) is 2. The van der Waals surface area contributed by atoms with E-state index < -0.39 is 10.0 Å². The molecule has 1 atom stereocenters. The fraction of sp³-hybridized carbons (Fsp3) is 0.200. The number of thioether (sulfide) groups is 1. The Morgan fingerprint density at radius 3 is 2.32 bits per heavy atom. The first kappa shape index (κ1) is 17.5. The normalized spacial score (nSPS) is 13.0. The summed E-state index contributed by atoms with van der Waals surface area (Å²) >= 11 is 1.74. The molecule has 0 aliphatic carbocycles. The SMILES string of the molecule is NS(=O)(=O)c1ccc([Se]CC(O)CSc2ccccc2)cc1. The summed E-state index contributed by atoms with van der Waals surface area (Å²) in [5.74, 6) is 0.654. The Morgan fingerprint density at radius 1 is 1.09 bits per heavy atom. The molecule has 0 aromatic heterocycles. The molecule has 3 N–H and O–H groups in total. The second-order valence-corrected chi connectivity index (χ2v) is 9.55. The van der Waals surface area contributed by atoms with Gasteiger partial charge in [0.15, 0.2) is 0 Å². The van der Waals surface area contributed by atoms with E-state index in [0.717, 1.165) is 9.36 Å². The third kappa shape index (κ3) is 5.76. The van der Waals surface area contributed by atoms with Gasteiger partial charge in [-0.1, -0.05) is 0 Å². The summed E-state index contributed by atoms with van der Waals surface area (Å²) in [4.78, 5) is 1.26. The molecule has 2 aromatic carbocycles. The number of sulfonamides is 1. The van der Waals surface area contributed by atoms with Crippen molar-refractivity contribution in [3.05, 3.63) is 54.6 Å². The van der Waals surface area contributed by atoms with Crippen LogP contribution in [0.1, 0.15) is 0 Å². The Balaban J connectivity index is 1.80. The van der Waals surface area contributed by atoms with Crippen LogP contribution in [0.15, 0.2) is 64.4 Å². The van der Waals surface area contributed by atoms with Crippen LogP contribution in [0.5, 0.6) is 0 Å². The monoisotopic (exact) mass is 403 g/mol. The van der Waals surface area contributed by atoms with E-state index in [1.807, 2.05) is 30.3 Å². The minimum absolute atomic E-state index is 0.105. The summed E-state index contributed by atoms with van der Waals surface area (Å²) in [5, 5.41) is 15.8. The second-order valence-electron chi connectivity index (χ2n) is 4.61. The van der Waals surface area contributed by atoms with Crippen molar-refractivity contribution < 1.29 is 13.5 Å². The molecular formula is C15H17NO3S2Se. The van der Waals surface area contributed by atoms with Gasteiger partial charge in [0.05, 0.1) is 0 Å². The van der Waals surface area contributed by atoms with Crippen molar-refractivity contribution >= 4 is 41.2 Å². The van der Waals surface area contributed by atoms with Crippen LogP contribution in [-0.2, 0) is 10.0 Å². The molecule has 0 amide bonds. The van der Waals surface area contributed by atoms with Crippen molar-refractivity contribution in [1.29, 1.82) is 0 Å². The van der Waals surface area contributed by atoms with E-state index in [9.17, 15) is 13.5 Å². The van der Waals surface area contributed by atoms with Crippen molar-refractivity contribution in [1.82, 2.24) is 0 Å². The number of nitrogens with two attached hydrogens (primary N) is 1. The van der Waals surface area contributed by atoms with E-state index in [-0.39, 0.29) is 26.0 Å². The Morgan fingerprint density at radius 2 is 1.73 bits per heavy atom. The van der Waals surface area contributed by atoms with Gasteiger partial charge in [-0.2, -0.15) is 0 Å². The van der Waals surface area contributed by atoms with E-state index in [1.54, 1.807) is 23.9 Å². The van der Waals surface area contributed by atoms with E-state index in [2.05, 4.69) is 0 Å². The third-order valence-corrected chi connectivity index (χ3v) is 7.29. The fourth-order valence-corrected chi connectivity index (χ4v) is 5.12. The zero-order valence-corrected chi connectivity index (χ0v) is 15.1. The van der Waals surface area contributed by atoms with Crippen LogP contribution >= 0.6 is 11.8 Å². The standard InChI is InChI=1S/C15H17NO3S2Se/c16-21(18,19)14-6-8-15(9-7-14)22-11-12(17)10-20-13-4-2-1-3-5-13/h1-9,12,17H,10-11H2,(H2,16,18,19). The van der Waals surface area contributed by atoms with Gasteiger partial charge in [-0.25, -0.2) is 0 Å². The minimum atomic E-state index is -3.64. The number of rotatable bonds is 7. The van der Waals surface area contributed by atoms with Gasteiger partial charge in [0.1, 0.15) is 0 Å². The van der Waals surface area contributed by atoms with Crippen molar-refractivity contribution in [2.24, 2.45) is 5.14 Å². The van der Waals surface area contributed by atoms with Gasteiger partial charge in [-0.15, -0.1) is 0 Å². The number of aliphatic hydroxyl groups excluding tert-OH is 1. The van der Waals surface area contributed by atoms with E-state index >= 15 is 0 Å². The van der Waals surface area contributed by atoms with Crippen LogP contribution in [-0.4, -0.2) is 40.3 Å². The van der Waals surface area contributed by atoms with Gasteiger partial charge in [0, 0.05) is 0 Å². The maximum atomic E-state index is 11.2. The van der Waals surface area contributed by atoms with Crippen molar-refractivity contribution in [2.75, 3.05) is 5.75 Å². The molecule has 0 saturated carbocycles. The predicted molar refractivity (Wildman–Crippen MR) is 91.2 cm³/mol. The average molecular weight is 402 g/mol.